The topological polar surface area (TPSA) is 54.4 Å². The van der Waals surface area contributed by atoms with Crippen LogP contribution in [-0.2, 0) is 0 Å². The van der Waals surface area contributed by atoms with E-state index in [0.29, 0.717) is 11.1 Å². The third kappa shape index (κ3) is 3.61. The second-order valence-corrected chi connectivity index (χ2v) is 7.44. The van der Waals surface area contributed by atoms with E-state index in [1.54, 1.807) is 12.1 Å². The Morgan fingerprint density at radius 1 is 0.750 bits per heavy atom. The van der Waals surface area contributed by atoms with Gasteiger partial charge in [-0.05, 0) is 49.9 Å². The summed E-state index contributed by atoms with van der Waals surface area (Å²) in [7, 11) is 0. The van der Waals surface area contributed by atoms with Gasteiger partial charge in [-0.15, -0.1) is 0 Å². The average Bonchev–Trinajstić information content (AvgIpc) is 2.66. The van der Waals surface area contributed by atoms with Crippen molar-refractivity contribution in [3.05, 3.63) is 98.6 Å². The molecule has 1 N–H and O–H groups in total. The van der Waals surface area contributed by atoms with Crippen LogP contribution in [0.2, 0.25) is 0 Å². The molecular formula is C25H24O3. The fraction of sp³-hybridized carbons (Fsp3) is 0.200. The quantitative estimate of drug-likeness (QED) is 0.480. The number of rotatable bonds is 5. The minimum absolute atomic E-state index is 0.228. The first-order valence-electron chi connectivity index (χ1n) is 9.27. The van der Waals surface area contributed by atoms with E-state index in [1.807, 2.05) is 64.1 Å². The molecule has 1 unspecified atom stereocenters. The predicted octanol–water partition coefficient (Wildman–Crippen LogP) is 5.43. The van der Waals surface area contributed by atoms with E-state index in [9.17, 15) is 14.7 Å². The van der Waals surface area contributed by atoms with Crippen molar-refractivity contribution in [3.63, 3.8) is 0 Å². The molecule has 1 atom stereocenters. The molecule has 0 saturated carbocycles. The van der Waals surface area contributed by atoms with E-state index in [0.717, 1.165) is 51.5 Å². The lowest BCUT2D eigenvalue weighted by molar-refractivity contribution is 0.111. The van der Waals surface area contributed by atoms with Crippen LogP contribution in [0.1, 0.15) is 65.6 Å². The molecular weight excluding hydrogens is 348 g/mol. The fourth-order valence-electron chi connectivity index (χ4n) is 3.92. The second-order valence-electron chi connectivity index (χ2n) is 7.44. The SMILES string of the molecule is Cc1cc(C)c(O)c(C(c2ccc(C=O)cc2)c2cc(C)cc(C)c2C=O)c1. The molecule has 0 aliphatic carbocycles. The highest BCUT2D eigenvalue weighted by Gasteiger charge is 2.25. The van der Waals surface area contributed by atoms with Crippen LogP contribution in [0.5, 0.6) is 5.75 Å². The van der Waals surface area contributed by atoms with Gasteiger partial charge in [0.2, 0.25) is 0 Å². The number of aldehydes is 2. The number of hydrogen-bond donors (Lipinski definition) is 1. The summed E-state index contributed by atoms with van der Waals surface area (Å²) >= 11 is 0. The zero-order valence-corrected chi connectivity index (χ0v) is 16.6. The highest BCUT2D eigenvalue weighted by Crippen LogP contribution is 2.40. The molecule has 0 heterocycles. The van der Waals surface area contributed by atoms with Crippen LogP contribution in [0.4, 0.5) is 0 Å². The molecule has 3 heteroatoms. The third-order valence-corrected chi connectivity index (χ3v) is 5.18. The van der Waals surface area contributed by atoms with E-state index in [-0.39, 0.29) is 11.7 Å². The van der Waals surface area contributed by atoms with Crippen LogP contribution in [0.15, 0.2) is 48.5 Å². The maximum absolute atomic E-state index is 11.9. The van der Waals surface area contributed by atoms with Crippen molar-refractivity contribution in [2.45, 2.75) is 33.6 Å². The van der Waals surface area contributed by atoms with Gasteiger partial charge in [0.15, 0.2) is 6.29 Å². The van der Waals surface area contributed by atoms with Crippen molar-refractivity contribution in [3.8, 4) is 5.75 Å². The summed E-state index contributed by atoms with van der Waals surface area (Å²) in [5.41, 5.74) is 7.53. The largest absolute Gasteiger partial charge is 0.507 e. The highest BCUT2D eigenvalue weighted by molar-refractivity contribution is 5.81. The first-order chi connectivity index (χ1) is 13.3. The number of phenols is 1. The number of benzene rings is 3. The lowest BCUT2D eigenvalue weighted by Crippen LogP contribution is -2.10. The molecule has 3 nitrogen and oxygen atoms in total. The van der Waals surface area contributed by atoms with E-state index >= 15 is 0 Å². The van der Waals surface area contributed by atoms with Gasteiger partial charge in [-0.1, -0.05) is 59.7 Å². The van der Waals surface area contributed by atoms with Crippen molar-refractivity contribution in [2.75, 3.05) is 0 Å². The summed E-state index contributed by atoms with van der Waals surface area (Å²) in [4.78, 5) is 23.0. The third-order valence-electron chi connectivity index (χ3n) is 5.18. The van der Waals surface area contributed by atoms with Gasteiger partial charge in [0, 0.05) is 22.6 Å². The van der Waals surface area contributed by atoms with Gasteiger partial charge in [-0.2, -0.15) is 0 Å². The van der Waals surface area contributed by atoms with E-state index in [4.69, 9.17) is 0 Å². The smallest absolute Gasteiger partial charge is 0.150 e. The van der Waals surface area contributed by atoms with Gasteiger partial charge in [-0.3, -0.25) is 9.59 Å². The van der Waals surface area contributed by atoms with Crippen LogP contribution < -0.4 is 0 Å². The molecule has 0 fully saturated rings. The number of aromatic hydroxyl groups is 1. The zero-order chi connectivity index (χ0) is 20.4. The Bertz CT molecular complexity index is 1050. The minimum Gasteiger partial charge on any atom is -0.507 e. The Balaban J connectivity index is 2.36. The Morgan fingerprint density at radius 3 is 1.89 bits per heavy atom. The number of carbonyl (C=O) groups is 2. The molecule has 0 aromatic heterocycles. The molecule has 0 spiro atoms. The number of hydrogen-bond acceptors (Lipinski definition) is 3. The second kappa shape index (κ2) is 7.81. The Hall–Kier alpha value is -3.20. The van der Waals surface area contributed by atoms with E-state index in [1.165, 1.54) is 0 Å². The van der Waals surface area contributed by atoms with E-state index < -0.39 is 0 Å². The Kier molecular flexibility index (Phi) is 5.46. The molecule has 0 amide bonds. The summed E-state index contributed by atoms with van der Waals surface area (Å²) < 4.78 is 0. The maximum Gasteiger partial charge on any atom is 0.150 e. The fourth-order valence-corrected chi connectivity index (χ4v) is 3.92. The van der Waals surface area contributed by atoms with Crippen LogP contribution in [0.25, 0.3) is 0 Å². The van der Waals surface area contributed by atoms with Gasteiger partial charge in [-0.25, -0.2) is 0 Å². The summed E-state index contributed by atoms with van der Waals surface area (Å²) in [6, 6.07) is 15.2. The molecule has 0 bridgehead atoms. The summed E-state index contributed by atoms with van der Waals surface area (Å²) in [6.45, 7) is 7.79. The molecule has 28 heavy (non-hydrogen) atoms. The normalized spacial score (nSPS) is 11.9. The van der Waals surface area contributed by atoms with Crippen molar-refractivity contribution < 1.29 is 14.7 Å². The summed E-state index contributed by atoms with van der Waals surface area (Å²) in [6.07, 6.45) is 1.69. The number of phenolic OH excluding ortho intramolecular Hbond substituents is 1. The van der Waals surface area contributed by atoms with Crippen LogP contribution in [0.3, 0.4) is 0 Å². The highest BCUT2D eigenvalue weighted by atomic mass is 16.3. The Morgan fingerprint density at radius 2 is 1.32 bits per heavy atom. The Labute approximate surface area is 165 Å². The van der Waals surface area contributed by atoms with Gasteiger partial charge in [0.05, 0.1) is 0 Å². The number of carbonyl (C=O) groups excluding carboxylic acids is 2. The van der Waals surface area contributed by atoms with Crippen LogP contribution in [-0.4, -0.2) is 17.7 Å². The zero-order valence-electron chi connectivity index (χ0n) is 16.6. The first kappa shape index (κ1) is 19.6. The van der Waals surface area contributed by atoms with Gasteiger partial charge < -0.3 is 5.11 Å². The van der Waals surface area contributed by atoms with Crippen molar-refractivity contribution in [1.29, 1.82) is 0 Å². The molecule has 3 aromatic carbocycles. The predicted molar refractivity (Wildman–Crippen MR) is 112 cm³/mol. The lowest BCUT2D eigenvalue weighted by Gasteiger charge is -2.24. The average molecular weight is 372 g/mol. The standard InChI is InChI=1S/C25H24O3/c1-15-9-17(3)23(14-27)21(11-15)24(20-7-5-19(13-26)6-8-20)22-12-16(2)10-18(4)25(22)28/h5-14,24,28H,1-4H3. The van der Waals surface area contributed by atoms with Gasteiger partial charge >= 0.3 is 0 Å². The molecule has 3 rings (SSSR count). The minimum atomic E-state index is -0.321. The number of aryl methyl sites for hydroxylation is 4. The summed E-state index contributed by atoms with van der Waals surface area (Å²) in [5.74, 6) is -0.0934. The van der Waals surface area contributed by atoms with Crippen molar-refractivity contribution >= 4 is 12.6 Å². The molecule has 142 valence electrons. The molecule has 0 saturated heterocycles. The summed E-state index contributed by atoms with van der Waals surface area (Å²) in [5, 5.41) is 10.9. The van der Waals surface area contributed by atoms with E-state index in [2.05, 4.69) is 0 Å². The van der Waals surface area contributed by atoms with Crippen LogP contribution in [0, 0.1) is 27.7 Å². The maximum atomic E-state index is 11.9. The molecule has 3 aromatic rings. The van der Waals surface area contributed by atoms with Crippen molar-refractivity contribution in [1.82, 2.24) is 0 Å². The molecule has 0 aliphatic rings. The van der Waals surface area contributed by atoms with Crippen molar-refractivity contribution in [2.24, 2.45) is 0 Å². The van der Waals surface area contributed by atoms with Gasteiger partial charge in [0.25, 0.3) is 0 Å². The lowest BCUT2D eigenvalue weighted by atomic mass is 9.79. The van der Waals surface area contributed by atoms with Gasteiger partial charge in [0.1, 0.15) is 12.0 Å². The first-order valence-corrected chi connectivity index (χ1v) is 9.27. The monoisotopic (exact) mass is 372 g/mol. The van der Waals surface area contributed by atoms with Crippen LogP contribution >= 0.6 is 0 Å². The molecule has 0 radical (unpaired) electrons. The molecule has 0 aliphatic heterocycles.